The van der Waals surface area contributed by atoms with Crippen LogP contribution in [-0.4, -0.2) is 44.3 Å². The van der Waals surface area contributed by atoms with E-state index in [4.69, 9.17) is 11.6 Å². The van der Waals surface area contributed by atoms with Crippen LogP contribution in [0.4, 0.5) is 10.1 Å². The van der Waals surface area contributed by atoms with E-state index in [0.717, 1.165) is 4.31 Å². The summed E-state index contributed by atoms with van der Waals surface area (Å²) in [4.78, 5) is 27.8. The minimum atomic E-state index is -4.21. The van der Waals surface area contributed by atoms with Gasteiger partial charge in [0.25, 0.3) is 10.0 Å². The van der Waals surface area contributed by atoms with Gasteiger partial charge in [-0.25, -0.2) is 12.8 Å². The van der Waals surface area contributed by atoms with Gasteiger partial charge in [0.05, 0.1) is 10.6 Å². The highest BCUT2D eigenvalue weighted by Gasteiger charge is 2.33. The Morgan fingerprint density at radius 2 is 1.68 bits per heavy atom. The molecule has 0 spiro atoms. The molecule has 38 heavy (non-hydrogen) atoms. The molecule has 1 atom stereocenters. The number of amides is 2. The Balaban J connectivity index is 2.06. The van der Waals surface area contributed by atoms with Crippen molar-refractivity contribution in [2.24, 2.45) is 0 Å². The van der Waals surface area contributed by atoms with Crippen molar-refractivity contribution < 1.29 is 22.4 Å². The van der Waals surface area contributed by atoms with Crippen LogP contribution in [0.3, 0.4) is 0 Å². The van der Waals surface area contributed by atoms with Crippen LogP contribution in [0.1, 0.15) is 31.4 Å². The van der Waals surface area contributed by atoms with E-state index >= 15 is 0 Å². The van der Waals surface area contributed by atoms with Gasteiger partial charge in [0.1, 0.15) is 18.4 Å². The van der Waals surface area contributed by atoms with Crippen molar-refractivity contribution in [1.82, 2.24) is 10.2 Å². The third-order valence-corrected chi connectivity index (χ3v) is 8.07. The number of anilines is 1. The fourth-order valence-corrected chi connectivity index (χ4v) is 5.53. The first-order chi connectivity index (χ1) is 18.1. The van der Waals surface area contributed by atoms with Crippen LogP contribution in [0.25, 0.3) is 0 Å². The highest BCUT2D eigenvalue weighted by atomic mass is 35.5. The van der Waals surface area contributed by atoms with E-state index in [1.54, 1.807) is 43.3 Å². The zero-order valence-corrected chi connectivity index (χ0v) is 23.1. The van der Waals surface area contributed by atoms with Crippen LogP contribution in [0.15, 0.2) is 77.7 Å². The predicted molar refractivity (Wildman–Crippen MR) is 147 cm³/mol. The number of sulfonamides is 1. The zero-order valence-electron chi connectivity index (χ0n) is 21.5. The van der Waals surface area contributed by atoms with Gasteiger partial charge in [0.2, 0.25) is 11.8 Å². The summed E-state index contributed by atoms with van der Waals surface area (Å²) in [5, 5.41) is 3.04. The molecule has 0 heterocycles. The Kier molecular flexibility index (Phi) is 9.88. The maximum Gasteiger partial charge on any atom is 0.264 e. The van der Waals surface area contributed by atoms with E-state index in [9.17, 15) is 22.4 Å². The van der Waals surface area contributed by atoms with Gasteiger partial charge in [-0.05, 0) is 56.2 Å². The van der Waals surface area contributed by atoms with Crippen molar-refractivity contribution in [2.45, 2.75) is 44.7 Å². The van der Waals surface area contributed by atoms with Gasteiger partial charge in [-0.1, -0.05) is 61.0 Å². The minimum Gasteiger partial charge on any atom is -0.354 e. The SMILES string of the molecule is CCCNC(=O)C(C)N(Cc1ccccc1F)C(=O)CN(c1cc(Cl)ccc1C)S(=O)(=O)c1ccccc1. The molecule has 202 valence electrons. The van der Waals surface area contributed by atoms with Crippen molar-refractivity contribution in [3.05, 3.63) is 94.8 Å². The largest absolute Gasteiger partial charge is 0.354 e. The van der Waals surface area contributed by atoms with E-state index < -0.39 is 40.2 Å². The number of rotatable bonds is 11. The van der Waals surface area contributed by atoms with Crippen LogP contribution in [-0.2, 0) is 26.2 Å². The van der Waals surface area contributed by atoms with E-state index in [1.165, 1.54) is 48.2 Å². The van der Waals surface area contributed by atoms with Gasteiger partial charge in [-0.3, -0.25) is 13.9 Å². The molecule has 0 saturated carbocycles. The number of hydrogen-bond donors (Lipinski definition) is 1. The summed E-state index contributed by atoms with van der Waals surface area (Å²) in [6, 6.07) is 17.4. The molecule has 1 N–H and O–H groups in total. The number of halogens is 2. The van der Waals surface area contributed by atoms with E-state index in [-0.39, 0.29) is 22.7 Å². The van der Waals surface area contributed by atoms with Gasteiger partial charge in [0.15, 0.2) is 0 Å². The first-order valence-corrected chi connectivity index (χ1v) is 14.0. The van der Waals surface area contributed by atoms with Crippen LogP contribution in [0.5, 0.6) is 0 Å². The molecule has 1 unspecified atom stereocenters. The average Bonchev–Trinajstić information content (AvgIpc) is 2.91. The molecule has 3 aromatic rings. The summed E-state index contributed by atoms with van der Waals surface area (Å²) >= 11 is 6.21. The normalized spacial score (nSPS) is 12.0. The Hall–Kier alpha value is -3.43. The molecule has 0 radical (unpaired) electrons. The molecule has 0 fully saturated rings. The smallest absolute Gasteiger partial charge is 0.264 e. The molecule has 7 nitrogen and oxygen atoms in total. The summed E-state index contributed by atoms with van der Waals surface area (Å²) < 4.78 is 43.1. The number of benzene rings is 3. The number of nitrogens with zero attached hydrogens (tertiary/aromatic N) is 2. The average molecular weight is 560 g/mol. The third-order valence-electron chi connectivity index (χ3n) is 6.07. The Morgan fingerprint density at radius 1 is 1.03 bits per heavy atom. The lowest BCUT2D eigenvalue weighted by atomic mass is 10.1. The molecule has 0 bridgehead atoms. The van der Waals surface area contributed by atoms with Crippen LogP contribution in [0.2, 0.25) is 5.02 Å². The highest BCUT2D eigenvalue weighted by molar-refractivity contribution is 7.92. The third kappa shape index (κ3) is 6.90. The summed E-state index contributed by atoms with van der Waals surface area (Å²) in [6.07, 6.45) is 0.691. The second kappa shape index (κ2) is 12.9. The van der Waals surface area contributed by atoms with Crippen LogP contribution in [0, 0.1) is 12.7 Å². The molecule has 0 saturated heterocycles. The van der Waals surface area contributed by atoms with Crippen molar-refractivity contribution in [3.8, 4) is 0 Å². The fourth-order valence-electron chi connectivity index (χ4n) is 3.87. The van der Waals surface area contributed by atoms with Crippen LogP contribution < -0.4 is 9.62 Å². The van der Waals surface area contributed by atoms with Crippen molar-refractivity contribution in [1.29, 1.82) is 0 Å². The number of nitrogens with one attached hydrogen (secondary N) is 1. The first-order valence-electron chi connectivity index (χ1n) is 12.2. The summed E-state index contributed by atoms with van der Waals surface area (Å²) in [5.74, 6) is -1.63. The minimum absolute atomic E-state index is 0.0124. The number of aryl methyl sites for hydroxylation is 1. The number of carbonyl (C=O) groups is 2. The predicted octanol–water partition coefficient (Wildman–Crippen LogP) is 4.93. The standard InChI is InChI=1S/C28H31ClFN3O4S/c1-4-16-31-28(35)21(3)32(18-22-10-8-9-13-25(22)30)27(34)19-33(26-17-23(29)15-14-20(26)2)38(36,37)24-11-6-5-7-12-24/h5-15,17,21H,4,16,18-19H2,1-3H3,(H,31,35). The molecule has 0 aromatic heterocycles. The first kappa shape index (κ1) is 29.1. The fraction of sp³-hybridized carbons (Fsp3) is 0.286. The molecule has 3 rings (SSSR count). The van der Waals surface area contributed by atoms with Crippen molar-refractivity contribution in [2.75, 3.05) is 17.4 Å². The van der Waals surface area contributed by atoms with Gasteiger partial charge >= 0.3 is 0 Å². The van der Waals surface area contributed by atoms with Gasteiger partial charge in [0, 0.05) is 23.7 Å². The molecular weight excluding hydrogens is 529 g/mol. The van der Waals surface area contributed by atoms with Crippen molar-refractivity contribution >= 4 is 39.1 Å². The lowest BCUT2D eigenvalue weighted by Crippen LogP contribution is -2.51. The monoisotopic (exact) mass is 559 g/mol. The molecule has 0 aliphatic heterocycles. The Labute approximate surface area is 228 Å². The zero-order chi connectivity index (χ0) is 27.9. The molecule has 2 amide bonds. The highest BCUT2D eigenvalue weighted by Crippen LogP contribution is 2.30. The number of carbonyl (C=O) groups excluding carboxylic acids is 2. The maximum atomic E-state index is 14.6. The molecular formula is C28H31ClFN3O4S. The second-order valence-electron chi connectivity index (χ2n) is 8.84. The van der Waals surface area contributed by atoms with E-state index in [1.807, 2.05) is 6.92 Å². The number of hydrogen-bond acceptors (Lipinski definition) is 4. The van der Waals surface area contributed by atoms with Gasteiger partial charge in [-0.15, -0.1) is 0 Å². The summed E-state index contributed by atoms with van der Waals surface area (Å²) in [7, 11) is -4.21. The topological polar surface area (TPSA) is 86.8 Å². The summed E-state index contributed by atoms with van der Waals surface area (Å²) in [6.45, 7) is 4.69. The molecule has 10 heteroatoms. The lowest BCUT2D eigenvalue weighted by Gasteiger charge is -2.32. The van der Waals surface area contributed by atoms with Gasteiger partial charge < -0.3 is 10.2 Å². The molecule has 3 aromatic carbocycles. The maximum absolute atomic E-state index is 14.6. The van der Waals surface area contributed by atoms with Crippen molar-refractivity contribution in [3.63, 3.8) is 0 Å². The van der Waals surface area contributed by atoms with E-state index in [2.05, 4.69) is 5.32 Å². The lowest BCUT2D eigenvalue weighted by molar-refractivity contribution is -0.139. The van der Waals surface area contributed by atoms with Crippen LogP contribution >= 0.6 is 11.6 Å². The van der Waals surface area contributed by atoms with E-state index in [0.29, 0.717) is 23.6 Å². The molecule has 0 aliphatic carbocycles. The Bertz CT molecular complexity index is 1390. The molecule has 0 aliphatic rings. The van der Waals surface area contributed by atoms with Gasteiger partial charge in [-0.2, -0.15) is 0 Å². The summed E-state index contributed by atoms with van der Waals surface area (Å²) in [5.41, 5.74) is 1.01. The second-order valence-corrected chi connectivity index (χ2v) is 11.1. The quantitative estimate of drug-likeness (QED) is 0.361. The Morgan fingerprint density at radius 3 is 2.34 bits per heavy atom.